The molecule has 2 aromatic rings. The van der Waals surface area contributed by atoms with Gasteiger partial charge in [-0.25, -0.2) is 0 Å². The number of fused-ring (bicyclic) bond motifs is 1. The van der Waals surface area contributed by atoms with Crippen molar-refractivity contribution >= 4 is 10.9 Å². The zero-order valence-corrected chi connectivity index (χ0v) is 11.1. The van der Waals surface area contributed by atoms with Crippen LogP contribution in [0.15, 0.2) is 24.3 Å². The van der Waals surface area contributed by atoms with Crippen LogP contribution in [-0.2, 0) is 13.5 Å². The number of nitrogens with zero attached hydrogens (tertiary/aromatic N) is 1. The van der Waals surface area contributed by atoms with Crippen molar-refractivity contribution in [3.63, 3.8) is 0 Å². The minimum absolute atomic E-state index is 0.594. The Labute approximate surface area is 103 Å². The van der Waals surface area contributed by atoms with Crippen LogP contribution < -0.4 is 0 Å². The SMILES string of the molecule is Cc1c(CCC(C)(C)O)c2ccccc2n1C. The van der Waals surface area contributed by atoms with Gasteiger partial charge in [-0.15, -0.1) is 0 Å². The number of rotatable bonds is 3. The smallest absolute Gasteiger partial charge is 0.0595 e. The first kappa shape index (κ1) is 12.2. The summed E-state index contributed by atoms with van der Waals surface area (Å²) in [6.45, 7) is 5.89. The molecule has 92 valence electrons. The van der Waals surface area contributed by atoms with E-state index in [-0.39, 0.29) is 0 Å². The maximum atomic E-state index is 9.84. The fourth-order valence-electron chi connectivity index (χ4n) is 2.35. The zero-order valence-electron chi connectivity index (χ0n) is 11.1. The Kier molecular flexibility index (Phi) is 3.00. The summed E-state index contributed by atoms with van der Waals surface area (Å²) in [5, 5.41) is 11.2. The minimum atomic E-state index is -0.594. The molecule has 0 bridgehead atoms. The summed E-state index contributed by atoms with van der Waals surface area (Å²) < 4.78 is 2.23. The van der Waals surface area contributed by atoms with Gasteiger partial charge < -0.3 is 9.67 Å². The molecule has 0 saturated heterocycles. The van der Waals surface area contributed by atoms with Gasteiger partial charge in [0.1, 0.15) is 0 Å². The van der Waals surface area contributed by atoms with Crippen molar-refractivity contribution in [2.45, 2.75) is 39.2 Å². The van der Waals surface area contributed by atoms with Gasteiger partial charge in [-0.1, -0.05) is 18.2 Å². The normalized spacial score (nSPS) is 12.3. The van der Waals surface area contributed by atoms with Crippen LogP contribution in [0.25, 0.3) is 10.9 Å². The standard InChI is InChI=1S/C15H21NO/c1-11-12(9-10-15(2,3)17)13-7-5-6-8-14(13)16(11)4/h5-8,17H,9-10H2,1-4H3. The molecule has 0 spiro atoms. The van der Waals surface area contributed by atoms with Gasteiger partial charge in [0.2, 0.25) is 0 Å². The number of hydrogen-bond donors (Lipinski definition) is 1. The van der Waals surface area contributed by atoms with Crippen LogP contribution in [0.2, 0.25) is 0 Å². The van der Waals surface area contributed by atoms with Crippen molar-refractivity contribution in [3.05, 3.63) is 35.5 Å². The van der Waals surface area contributed by atoms with Gasteiger partial charge in [-0.2, -0.15) is 0 Å². The predicted molar refractivity (Wildman–Crippen MR) is 72.3 cm³/mol. The molecule has 2 nitrogen and oxygen atoms in total. The molecule has 0 unspecified atom stereocenters. The fraction of sp³-hybridized carbons (Fsp3) is 0.467. The molecule has 1 N–H and O–H groups in total. The summed E-state index contributed by atoms with van der Waals surface area (Å²) in [5.74, 6) is 0. The van der Waals surface area contributed by atoms with Gasteiger partial charge in [-0.3, -0.25) is 0 Å². The zero-order chi connectivity index (χ0) is 12.6. The molecule has 0 radical (unpaired) electrons. The van der Waals surface area contributed by atoms with Crippen LogP contribution in [0.1, 0.15) is 31.5 Å². The number of aryl methyl sites for hydroxylation is 2. The van der Waals surface area contributed by atoms with Gasteiger partial charge in [0.15, 0.2) is 0 Å². The molecule has 0 saturated carbocycles. The second-order valence-corrected chi connectivity index (χ2v) is 5.45. The third-order valence-corrected chi connectivity index (χ3v) is 3.52. The number of hydrogen-bond acceptors (Lipinski definition) is 1. The van der Waals surface area contributed by atoms with Crippen LogP contribution in [0, 0.1) is 6.92 Å². The number of benzene rings is 1. The second-order valence-electron chi connectivity index (χ2n) is 5.45. The highest BCUT2D eigenvalue weighted by Crippen LogP contribution is 2.27. The summed E-state index contributed by atoms with van der Waals surface area (Å²) in [6.07, 6.45) is 1.72. The van der Waals surface area contributed by atoms with E-state index in [0.29, 0.717) is 0 Å². The average Bonchev–Trinajstić information content (AvgIpc) is 2.49. The molecule has 0 fully saturated rings. The van der Waals surface area contributed by atoms with Crippen LogP contribution >= 0.6 is 0 Å². The Bertz CT molecular complexity index is 532. The third kappa shape index (κ3) is 2.37. The maximum absolute atomic E-state index is 9.84. The Morgan fingerprint density at radius 2 is 1.88 bits per heavy atom. The molecule has 2 rings (SSSR count). The summed E-state index contributed by atoms with van der Waals surface area (Å²) in [6, 6.07) is 8.47. The highest BCUT2D eigenvalue weighted by atomic mass is 16.3. The van der Waals surface area contributed by atoms with Crippen LogP contribution in [0.4, 0.5) is 0 Å². The number of aliphatic hydroxyl groups is 1. The van der Waals surface area contributed by atoms with E-state index in [0.717, 1.165) is 12.8 Å². The molecular formula is C15H21NO. The highest BCUT2D eigenvalue weighted by Gasteiger charge is 2.16. The van der Waals surface area contributed by atoms with Crippen LogP contribution in [0.3, 0.4) is 0 Å². The van der Waals surface area contributed by atoms with Crippen LogP contribution in [-0.4, -0.2) is 15.3 Å². The summed E-state index contributed by atoms with van der Waals surface area (Å²) in [5.41, 5.74) is 3.35. The molecule has 1 aromatic carbocycles. The second kappa shape index (κ2) is 4.19. The van der Waals surface area contributed by atoms with Gasteiger partial charge >= 0.3 is 0 Å². The van der Waals surface area contributed by atoms with Gasteiger partial charge in [0, 0.05) is 23.6 Å². The molecule has 2 heteroatoms. The largest absolute Gasteiger partial charge is 0.390 e. The Balaban J connectivity index is 2.43. The average molecular weight is 231 g/mol. The van der Waals surface area contributed by atoms with Gasteiger partial charge in [0.25, 0.3) is 0 Å². The van der Waals surface area contributed by atoms with Crippen molar-refractivity contribution in [2.75, 3.05) is 0 Å². The first-order chi connectivity index (χ1) is 7.90. The molecule has 1 heterocycles. The van der Waals surface area contributed by atoms with Crippen LogP contribution in [0.5, 0.6) is 0 Å². The van der Waals surface area contributed by atoms with E-state index in [9.17, 15) is 5.11 Å². The molecule has 0 atom stereocenters. The topological polar surface area (TPSA) is 25.2 Å². The van der Waals surface area contributed by atoms with E-state index in [2.05, 4.69) is 42.8 Å². The Morgan fingerprint density at radius 1 is 1.24 bits per heavy atom. The number of aromatic nitrogens is 1. The van der Waals surface area contributed by atoms with E-state index >= 15 is 0 Å². The quantitative estimate of drug-likeness (QED) is 0.862. The predicted octanol–water partition coefficient (Wildman–Crippen LogP) is 3.19. The Hall–Kier alpha value is -1.28. The van der Waals surface area contributed by atoms with Crippen molar-refractivity contribution in [2.24, 2.45) is 7.05 Å². The monoisotopic (exact) mass is 231 g/mol. The van der Waals surface area contributed by atoms with Gasteiger partial charge in [0.05, 0.1) is 5.60 Å². The van der Waals surface area contributed by atoms with E-state index in [1.807, 2.05) is 13.8 Å². The molecule has 1 aromatic heterocycles. The molecule has 0 amide bonds. The lowest BCUT2D eigenvalue weighted by Gasteiger charge is -2.16. The third-order valence-electron chi connectivity index (χ3n) is 3.52. The summed E-state index contributed by atoms with van der Waals surface area (Å²) in [4.78, 5) is 0. The van der Waals surface area contributed by atoms with E-state index in [4.69, 9.17) is 0 Å². The lowest BCUT2D eigenvalue weighted by molar-refractivity contribution is 0.0714. The minimum Gasteiger partial charge on any atom is -0.390 e. The first-order valence-electron chi connectivity index (χ1n) is 6.15. The van der Waals surface area contributed by atoms with Gasteiger partial charge in [-0.05, 0) is 45.2 Å². The van der Waals surface area contributed by atoms with Crippen molar-refractivity contribution in [1.82, 2.24) is 4.57 Å². The van der Waals surface area contributed by atoms with E-state index < -0.39 is 5.60 Å². The molecule has 0 aliphatic carbocycles. The summed E-state index contributed by atoms with van der Waals surface area (Å²) >= 11 is 0. The van der Waals surface area contributed by atoms with Crippen molar-refractivity contribution in [3.8, 4) is 0 Å². The fourth-order valence-corrected chi connectivity index (χ4v) is 2.35. The van der Waals surface area contributed by atoms with Crippen molar-refractivity contribution in [1.29, 1.82) is 0 Å². The lowest BCUT2D eigenvalue weighted by Crippen LogP contribution is -2.19. The molecule has 0 aliphatic rings. The summed E-state index contributed by atoms with van der Waals surface area (Å²) in [7, 11) is 2.10. The molecule has 17 heavy (non-hydrogen) atoms. The highest BCUT2D eigenvalue weighted by molar-refractivity contribution is 5.85. The maximum Gasteiger partial charge on any atom is 0.0595 e. The number of para-hydroxylation sites is 1. The first-order valence-corrected chi connectivity index (χ1v) is 6.15. The van der Waals surface area contributed by atoms with E-state index in [1.54, 1.807) is 0 Å². The van der Waals surface area contributed by atoms with Crippen molar-refractivity contribution < 1.29 is 5.11 Å². The molecule has 0 aliphatic heterocycles. The van der Waals surface area contributed by atoms with E-state index in [1.165, 1.54) is 22.2 Å². The lowest BCUT2D eigenvalue weighted by atomic mass is 9.97. The molecular weight excluding hydrogens is 210 g/mol. The Morgan fingerprint density at radius 3 is 2.53 bits per heavy atom.